The molecule has 0 aliphatic heterocycles. The summed E-state index contributed by atoms with van der Waals surface area (Å²) < 4.78 is 1.75. The van der Waals surface area contributed by atoms with E-state index in [4.69, 9.17) is 5.73 Å². The highest BCUT2D eigenvalue weighted by molar-refractivity contribution is 5.80. The summed E-state index contributed by atoms with van der Waals surface area (Å²) in [6, 6.07) is 0. The number of aliphatic imine (C=N–C) groups is 1. The molecule has 0 saturated heterocycles. The van der Waals surface area contributed by atoms with Gasteiger partial charge in [0.15, 0.2) is 0 Å². The number of aromatic nitrogens is 2. The number of hydrogen-bond acceptors (Lipinski definition) is 2. The third-order valence-corrected chi connectivity index (χ3v) is 1.51. The maximum Gasteiger partial charge on any atom is 0.106 e. The summed E-state index contributed by atoms with van der Waals surface area (Å²) in [6.07, 6.45) is 2.75. The van der Waals surface area contributed by atoms with Crippen LogP contribution >= 0.6 is 0 Å². The predicted molar refractivity (Wildman–Crippen MR) is 49.5 cm³/mol. The molecule has 1 heterocycles. The Balaban J connectivity index is 3.05. The second-order valence-electron chi connectivity index (χ2n) is 2.74. The van der Waals surface area contributed by atoms with Gasteiger partial charge in [0.25, 0.3) is 0 Å². The fraction of sp³-hybridized carbons (Fsp3) is 0.500. The van der Waals surface area contributed by atoms with E-state index in [0.717, 1.165) is 17.8 Å². The fourth-order valence-corrected chi connectivity index (χ4v) is 1.06. The highest BCUT2D eigenvalue weighted by Gasteiger charge is 2.03. The molecule has 12 heavy (non-hydrogen) atoms. The van der Waals surface area contributed by atoms with Crippen molar-refractivity contribution in [2.45, 2.75) is 20.3 Å². The Morgan fingerprint density at radius 1 is 1.75 bits per heavy atom. The molecule has 0 amide bonds. The molecule has 66 valence electrons. The Labute approximate surface area is 72.1 Å². The Bertz CT molecular complexity index is 294. The average Bonchev–Trinajstić information content (AvgIpc) is 2.29. The van der Waals surface area contributed by atoms with Gasteiger partial charge in [0.05, 0.1) is 17.7 Å². The third-order valence-electron chi connectivity index (χ3n) is 1.51. The van der Waals surface area contributed by atoms with Gasteiger partial charge >= 0.3 is 0 Å². The van der Waals surface area contributed by atoms with Gasteiger partial charge in [-0.15, -0.1) is 0 Å². The van der Waals surface area contributed by atoms with Crippen molar-refractivity contribution in [2.24, 2.45) is 17.8 Å². The summed E-state index contributed by atoms with van der Waals surface area (Å²) >= 11 is 0. The first kappa shape index (κ1) is 8.77. The molecule has 0 unspecified atom stereocenters. The SMILES string of the molecule is CCc1nn(C)cc1N=C(C)N. The zero-order valence-electron chi connectivity index (χ0n) is 7.70. The van der Waals surface area contributed by atoms with E-state index in [-0.39, 0.29) is 0 Å². The Kier molecular flexibility index (Phi) is 2.47. The lowest BCUT2D eigenvalue weighted by atomic mass is 10.3. The fourth-order valence-electron chi connectivity index (χ4n) is 1.06. The van der Waals surface area contributed by atoms with E-state index in [9.17, 15) is 0 Å². The van der Waals surface area contributed by atoms with E-state index >= 15 is 0 Å². The highest BCUT2D eigenvalue weighted by atomic mass is 15.3. The predicted octanol–water partition coefficient (Wildman–Crippen LogP) is 0.991. The minimum Gasteiger partial charge on any atom is -0.387 e. The molecule has 2 N–H and O–H groups in total. The van der Waals surface area contributed by atoms with Crippen LogP contribution < -0.4 is 5.73 Å². The zero-order chi connectivity index (χ0) is 9.14. The normalized spacial score (nSPS) is 12.1. The average molecular weight is 166 g/mol. The number of nitrogens with zero attached hydrogens (tertiary/aromatic N) is 3. The van der Waals surface area contributed by atoms with Gasteiger partial charge in [-0.2, -0.15) is 5.10 Å². The van der Waals surface area contributed by atoms with Crippen LogP contribution in [-0.4, -0.2) is 15.6 Å². The van der Waals surface area contributed by atoms with E-state index in [1.807, 2.05) is 20.2 Å². The van der Waals surface area contributed by atoms with Crippen LogP contribution in [0.5, 0.6) is 0 Å². The molecule has 0 fully saturated rings. The standard InChI is InChI=1S/C8H14N4/c1-4-7-8(10-6(2)9)5-12(3)11-7/h5H,4H2,1-3H3,(H2,9,10). The first-order valence-electron chi connectivity index (χ1n) is 3.96. The van der Waals surface area contributed by atoms with E-state index in [2.05, 4.69) is 10.1 Å². The number of nitrogens with two attached hydrogens (primary N) is 1. The molecule has 0 spiro atoms. The van der Waals surface area contributed by atoms with Crippen LogP contribution in [0.1, 0.15) is 19.5 Å². The van der Waals surface area contributed by atoms with Crippen molar-refractivity contribution in [3.63, 3.8) is 0 Å². The van der Waals surface area contributed by atoms with Crippen molar-refractivity contribution in [3.8, 4) is 0 Å². The highest BCUT2D eigenvalue weighted by Crippen LogP contribution is 2.16. The smallest absolute Gasteiger partial charge is 0.106 e. The topological polar surface area (TPSA) is 56.2 Å². The van der Waals surface area contributed by atoms with Crippen molar-refractivity contribution in [1.29, 1.82) is 0 Å². The Hall–Kier alpha value is -1.32. The first-order chi connectivity index (χ1) is 5.63. The van der Waals surface area contributed by atoms with Gasteiger partial charge in [-0.25, -0.2) is 4.99 Å². The molecule has 0 bridgehead atoms. The van der Waals surface area contributed by atoms with E-state index in [0.29, 0.717) is 5.84 Å². The lowest BCUT2D eigenvalue weighted by Crippen LogP contribution is -2.03. The van der Waals surface area contributed by atoms with Gasteiger partial charge in [-0.1, -0.05) is 6.92 Å². The molecule has 1 aromatic heterocycles. The number of aryl methyl sites for hydroxylation is 2. The molecular formula is C8H14N4. The van der Waals surface area contributed by atoms with Crippen LogP contribution in [0.3, 0.4) is 0 Å². The largest absolute Gasteiger partial charge is 0.387 e. The molecule has 0 radical (unpaired) electrons. The summed E-state index contributed by atoms with van der Waals surface area (Å²) in [5, 5.41) is 4.24. The summed E-state index contributed by atoms with van der Waals surface area (Å²) in [7, 11) is 1.88. The third kappa shape index (κ3) is 1.84. The van der Waals surface area contributed by atoms with Crippen molar-refractivity contribution in [3.05, 3.63) is 11.9 Å². The molecule has 0 aliphatic rings. The summed E-state index contributed by atoms with van der Waals surface area (Å²) in [5.41, 5.74) is 7.33. The van der Waals surface area contributed by atoms with Crippen molar-refractivity contribution in [2.75, 3.05) is 0 Å². The van der Waals surface area contributed by atoms with Crippen LogP contribution in [0.15, 0.2) is 11.2 Å². The van der Waals surface area contributed by atoms with Gasteiger partial charge in [0.2, 0.25) is 0 Å². The minimum atomic E-state index is 0.567. The van der Waals surface area contributed by atoms with Gasteiger partial charge in [-0.05, 0) is 13.3 Å². The van der Waals surface area contributed by atoms with Crippen molar-refractivity contribution < 1.29 is 0 Å². The summed E-state index contributed by atoms with van der Waals surface area (Å²) in [6.45, 7) is 3.82. The molecule has 0 atom stereocenters. The van der Waals surface area contributed by atoms with Gasteiger partial charge in [-0.3, -0.25) is 4.68 Å². The Morgan fingerprint density at radius 2 is 2.42 bits per heavy atom. The van der Waals surface area contributed by atoms with Gasteiger partial charge in [0, 0.05) is 7.05 Å². The van der Waals surface area contributed by atoms with Crippen LogP contribution in [-0.2, 0) is 13.5 Å². The van der Waals surface area contributed by atoms with Crippen LogP contribution in [0.4, 0.5) is 5.69 Å². The molecule has 1 rings (SSSR count). The quantitative estimate of drug-likeness (QED) is 0.526. The lowest BCUT2D eigenvalue weighted by molar-refractivity contribution is 0.746. The van der Waals surface area contributed by atoms with E-state index in [1.54, 1.807) is 11.6 Å². The number of amidine groups is 1. The number of rotatable bonds is 2. The maximum absolute atomic E-state index is 5.47. The summed E-state index contributed by atoms with van der Waals surface area (Å²) in [4.78, 5) is 4.16. The molecule has 0 aromatic carbocycles. The van der Waals surface area contributed by atoms with Gasteiger partial charge in [0.1, 0.15) is 5.69 Å². The monoisotopic (exact) mass is 166 g/mol. The van der Waals surface area contributed by atoms with Crippen LogP contribution in [0.2, 0.25) is 0 Å². The second-order valence-corrected chi connectivity index (χ2v) is 2.74. The molecule has 4 nitrogen and oxygen atoms in total. The van der Waals surface area contributed by atoms with E-state index < -0.39 is 0 Å². The molecule has 4 heteroatoms. The lowest BCUT2D eigenvalue weighted by Gasteiger charge is -1.91. The van der Waals surface area contributed by atoms with Crippen molar-refractivity contribution in [1.82, 2.24) is 9.78 Å². The Morgan fingerprint density at radius 3 is 2.92 bits per heavy atom. The van der Waals surface area contributed by atoms with E-state index in [1.165, 1.54) is 0 Å². The number of hydrogen-bond donors (Lipinski definition) is 1. The van der Waals surface area contributed by atoms with Crippen molar-refractivity contribution >= 4 is 11.5 Å². The van der Waals surface area contributed by atoms with Crippen LogP contribution in [0, 0.1) is 0 Å². The first-order valence-corrected chi connectivity index (χ1v) is 3.96. The second kappa shape index (κ2) is 3.38. The van der Waals surface area contributed by atoms with Crippen LogP contribution in [0.25, 0.3) is 0 Å². The minimum absolute atomic E-state index is 0.567. The van der Waals surface area contributed by atoms with Gasteiger partial charge < -0.3 is 5.73 Å². The molecule has 0 saturated carbocycles. The molecule has 1 aromatic rings. The molecular weight excluding hydrogens is 152 g/mol. The zero-order valence-corrected chi connectivity index (χ0v) is 7.70. The summed E-state index contributed by atoms with van der Waals surface area (Å²) in [5.74, 6) is 0.567. The molecule has 0 aliphatic carbocycles. The maximum atomic E-state index is 5.47.